The van der Waals surface area contributed by atoms with E-state index in [1.807, 2.05) is 6.07 Å². The molecule has 27 heavy (non-hydrogen) atoms. The van der Waals surface area contributed by atoms with Crippen LogP contribution < -0.4 is 10.1 Å². The van der Waals surface area contributed by atoms with Crippen molar-refractivity contribution in [2.24, 2.45) is 0 Å². The lowest BCUT2D eigenvalue weighted by atomic mass is 10.0. The molecule has 1 aliphatic rings. The molecule has 0 spiro atoms. The van der Waals surface area contributed by atoms with Crippen LogP contribution in [0.5, 0.6) is 5.75 Å². The van der Waals surface area contributed by atoms with Crippen LogP contribution in [-0.2, 0) is 4.74 Å². The molecule has 0 saturated carbocycles. The van der Waals surface area contributed by atoms with Crippen molar-refractivity contribution in [3.8, 4) is 5.75 Å². The zero-order valence-corrected chi connectivity index (χ0v) is 15.1. The molecule has 2 aromatic carbocycles. The molecule has 0 bridgehead atoms. The molecule has 0 aliphatic carbocycles. The highest BCUT2D eigenvalue weighted by molar-refractivity contribution is 5.94. The Bertz CT molecular complexity index is 795. The lowest BCUT2D eigenvalue weighted by molar-refractivity contribution is 0.0161. The lowest BCUT2D eigenvalue weighted by Crippen LogP contribution is -2.44. The monoisotopic (exact) mass is 376 g/mol. The Morgan fingerprint density at radius 3 is 2.67 bits per heavy atom. The van der Waals surface area contributed by atoms with Gasteiger partial charge in [-0.2, -0.15) is 0 Å². The third-order valence-corrected chi connectivity index (χ3v) is 4.60. The third kappa shape index (κ3) is 4.81. The van der Waals surface area contributed by atoms with E-state index in [-0.39, 0.29) is 24.0 Å². The molecule has 2 aromatic rings. The molecule has 144 valence electrons. The SMILES string of the molecule is COc1ccc(C(=O)NCC(c2cccc(F)c2)N2CCOCC2)c(F)c1. The Balaban J connectivity index is 1.75. The minimum absolute atomic E-state index is 0.0595. The van der Waals surface area contributed by atoms with Crippen LogP contribution in [0.1, 0.15) is 22.0 Å². The molecule has 1 atom stereocenters. The quantitative estimate of drug-likeness (QED) is 0.842. The van der Waals surface area contributed by atoms with Gasteiger partial charge in [0.15, 0.2) is 0 Å². The first-order valence-electron chi connectivity index (χ1n) is 8.77. The van der Waals surface area contributed by atoms with Crippen molar-refractivity contribution in [3.05, 3.63) is 65.2 Å². The molecular formula is C20H22F2N2O3. The molecule has 1 N–H and O–H groups in total. The van der Waals surface area contributed by atoms with Gasteiger partial charge >= 0.3 is 0 Å². The van der Waals surface area contributed by atoms with Gasteiger partial charge in [0.25, 0.3) is 5.91 Å². The maximum Gasteiger partial charge on any atom is 0.254 e. The Hall–Kier alpha value is -2.51. The Morgan fingerprint density at radius 1 is 1.22 bits per heavy atom. The molecule has 0 aromatic heterocycles. The van der Waals surface area contributed by atoms with E-state index in [2.05, 4.69) is 10.2 Å². The van der Waals surface area contributed by atoms with Crippen molar-refractivity contribution >= 4 is 5.91 Å². The van der Waals surface area contributed by atoms with Crippen LogP contribution in [0.3, 0.4) is 0 Å². The number of ether oxygens (including phenoxy) is 2. The van der Waals surface area contributed by atoms with E-state index in [4.69, 9.17) is 9.47 Å². The predicted octanol–water partition coefficient (Wildman–Crippen LogP) is 2.78. The molecule has 1 heterocycles. The molecule has 1 unspecified atom stereocenters. The number of halogens is 2. The van der Waals surface area contributed by atoms with Crippen LogP contribution in [0.4, 0.5) is 8.78 Å². The fraction of sp³-hybridized carbons (Fsp3) is 0.350. The van der Waals surface area contributed by atoms with Crippen LogP contribution >= 0.6 is 0 Å². The van der Waals surface area contributed by atoms with Crippen molar-refractivity contribution in [2.75, 3.05) is 40.0 Å². The van der Waals surface area contributed by atoms with Gasteiger partial charge in [-0.3, -0.25) is 9.69 Å². The van der Waals surface area contributed by atoms with Gasteiger partial charge in [-0.1, -0.05) is 12.1 Å². The Kier molecular flexibility index (Phi) is 6.36. The van der Waals surface area contributed by atoms with E-state index in [0.29, 0.717) is 32.1 Å². The molecular weight excluding hydrogens is 354 g/mol. The molecule has 5 nitrogen and oxygen atoms in total. The number of morpholine rings is 1. The van der Waals surface area contributed by atoms with Crippen LogP contribution in [0.25, 0.3) is 0 Å². The van der Waals surface area contributed by atoms with Crippen LogP contribution in [-0.4, -0.2) is 50.8 Å². The van der Waals surface area contributed by atoms with E-state index in [1.54, 1.807) is 6.07 Å². The number of benzene rings is 2. The number of rotatable bonds is 6. The van der Waals surface area contributed by atoms with Gasteiger partial charge in [-0.25, -0.2) is 8.78 Å². The second-order valence-corrected chi connectivity index (χ2v) is 6.27. The normalized spacial score (nSPS) is 16.0. The number of nitrogens with zero attached hydrogens (tertiary/aromatic N) is 1. The summed E-state index contributed by atoms with van der Waals surface area (Å²) in [5.74, 6) is -1.17. The first kappa shape index (κ1) is 19.3. The number of methoxy groups -OCH3 is 1. The molecule has 7 heteroatoms. The Morgan fingerprint density at radius 2 is 2.00 bits per heavy atom. The zero-order chi connectivity index (χ0) is 19.2. The second-order valence-electron chi connectivity index (χ2n) is 6.27. The topological polar surface area (TPSA) is 50.8 Å². The fourth-order valence-electron chi connectivity index (χ4n) is 3.15. The largest absolute Gasteiger partial charge is 0.497 e. The molecule has 1 fully saturated rings. The summed E-state index contributed by atoms with van der Waals surface area (Å²) in [5.41, 5.74) is 0.697. The molecule has 1 amide bonds. The minimum atomic E-state index is -0.652. The average molecular weight is 376 g/mol. The number of hydrogen-bond donors (Lipinski definition) is 1. The smallest absolute Gasteiger partial charge is 0.254 e. The summed E-state index contributed by atoms with van der Waals surface area (Å²) in [4.78, 5) is 14.6. The lowest BCUT2D eigenvalue weighted by Gasteiger charge is -2.35. The number of hydrogen-bond acceptors (Lipinski definition) is 4. The molecule has 0 radical (unpaired) electrons. The van der Waals surface area contributed by atoms with E-state index < -0.39 is 11.7 Å². The van der Waals surface area contributed by atoms with Crippen LogP contribution in [0, 0.1) is 11.6 Å². The van der Waals surface area contributed by atoms with Gasteiger partial charge in [0.2, 0.25) is 0 Å². The van der Waals surface area contributed by atoms with E-state index >= 15 is 0 Å². The van der Waals surface area contributed by atoms with Crippen molar-refractivity contribution in [2.45, 2.75) is 6.04 Å². The number of carbonyl (C=O) groups is 1. The summed E-state index contributed by atoms with van der Waals surface area (Å²) >= 11 is 0. The van der Waals surface area contributed by atoms with Crippen molar-refractivity contribution in [1.29, 1.82) is 0 Å². The maximum atomic E-state index is 14.1. The zero-order valence-electron chi connectivity index (χ0n) is 15.1. The van der Waals surface area contributed by atoms with Gasteiger partial charge in [0.1, 0.15) is 17.4 Å². The molecule has 1 saturated heterocycles. The van der Waals surface area contributed by atoms with E-state index in [1.165, 1.54) is 37.4 Å². The van der Waals surface area contributed by atoms with Gasteiger partial charge in [0, 0.05) is 25.7 Å². The highest BCUT2D eigenvalue weighted by Crippen LogP contribution is 2.23. The number of nitrogens with one attached hydrogen (secondary N) is 1. The standard InChI is InChI=1S/C20H22F2N2O3/c1-26-16-5-6-17(18(22)12-16)20(25)23-13-19(24-7-9-27-10-8-24)14-3-2-4-15(21)11-14/h2-6,11-12,19H,7-10,13H2,1H3,(H,23,25). The summed E-state index contributed by atoms with van der Waals surface area (Å²) < 4.78 is 38.1. The number of carbonyl (C=O) groups excluding carboxylic acids is 1. The highest BCUT2D eigenvalue weighted by atomic mass is 19.1. The molecule has 1 aliphatic heterocycles. The first-order chi connectivity index (χ1) is 13.1. The van der Waals surface area contributed by atoms with Gasteiger partial charge in [0.05, 0.1) is 31.9 Å². The van der Waals surface area contributed by atoms with Crippen LogP contribution in [0.2, 0.25) is 0 Å². The van der Waals surface area contributed by atoms with Crippen molar-refractivity contribution in [3.63, 3.8) is 0 Å². The fourth-order valence-corrected chi connectivity index (χ4v) is 3.15. The first-order valence-corrected chi connectivity index (χ1v) is 8.77. The molecule has 3 rings (SSSR count). The third-order valence-electron chi connectivity index (χ3n) is 4.60. The van der Waals surface area contributed by atoms with Crippen LogP contribution in [0.15, 0.2) is 42.5 Å². The Labute approximate surface area is 156 Å². The summed E-state index contributed by atoms with van der Waals surface area (Å²) in [6.45, 7) is 2.73. The average Bonchev–Trinajstić information content (AvgIpc) is 2.68. The van der Waals surface area contributed by atoms with Crippen molar-refractivity contribution < 1.29 is 23.0 Å². The summed E-state index contributed by atoms with van der Waals surface area (Å²) in [7, 11) is 1.43. The summed E-state index contributed by atoms with van der Waals surface area (Å²) in [5, 5.41) is 2.77. The number of amides is 1. The summed E-state index contributed by atoms with van der Waals surface area (Å²) in [6.07, 6.45) is 0. The van der Waals surface area contributed by atoms with Gasteiger partial charge in [-0.05, 0) is 29.8 Å². The predicted molar refractivity (Wildman–Crippen MR) is 96.8 cm³/mol. The van der Waals surface area contributed by atoms with Crippen molar-refractivity contribution in [1.82, 2.24) is 10.2 Å². The highest BCUT2D eigenvalue weighted by Gasteiger charge is 2.24. The van der Waals surface area contributed by atoms with E-state index in [0.717, 1.165) is 5.56 Å². The van der Waals surface area contributed by atoms with Gasteiger partial charge in [-0.15, -0.1) is 0 Å². The van der Waals surface area contributed by atoms with E-state index in [9.17, 15) is 13.6 Å². The van der Waals surface area contributed by atoms with Gasteiger partial charge < -0.3 is 14.8 Å². The summed E-state index contributed by atoms with van der Waals surface area (Å²) in [6, 6.07) is 10.2. The minimum Gasteiger partial charge on any atom is -0.497 e. The maximum absolute atomic E-state index is 14.1. The second kappa shape index (κ2) is 8.92.